The summed E-state index contributed by atoms with van der Waals surface area (Å²) < 4.78 is 8.95. The maximum atomic E-state index is 10.5. The quantitative estimate of drug-likeness (QED) is 0.259. The number of unbranched alkanes of at least 4 members (excludes halogenated alkanes) is 6. The third kappa shape index (κ3) is 24.9. The first-order valence-electron chi connectivity index (χ1n) is 7.34. The molecule has 0 fully saturated rings. The molecule has 0 aliphatic carbocycles. The average Bonchev–Trinajstić information content (AvgIpc) is 2.48. The van der Waals surface area contributed by atoms with Gasteiger partial charge in [-0.05, 0) is 12.8 Å². The summed E-state index contributed by atoms with van der Waals surface area (Å²) in [5, 5.41) is 0. The van der Waals surface area contributed by atoms with Crippen molar-refractivity contribution in [3.05, 3.63) is 13.8 Å². The minimum atomic E-state index is -0.107. The van der Waals surface area contributed by atoms with Gasteiger partial charge in [-0.1, -0.05) is 25.7 Å². The predicted octanol–water partition coefficient (Wildman–Crippen LogP) is 3.89. The number of ether oxygens (including phenoxy) is 2. The summed E-state index contributed by atoms with van der Waals surface area (Å²) in [7, 11) is 2.84. The standard InChI is InChI=1S/2C8H15O2.Zn/c2*1-3-4-5-6-7-8(9)10-2;/h2*1,3-7H2,2H3;/q2*-1;+2. The molecule has 5 heteroatoms. The first kappa shape index (κ1) is 25.5. The van der Waals surface area contributed by atoms with Crippen LogP contribution in [0.4, 0.5) is 0 Å². The van der Waals surface area contributed by atoms with Gasteiger partial charge in [0, 0.05) is 12.8 Å². The van der Waals surface area contributed by atoms with E-state index >= 15 is 0 Å². The molecule has 0 spiro atoms. The molecule has 0 atom stereocenters. The molecule has 0 amide bonds. The van der Waals surface area contributed by atoms with E-state index in [0.717, 1.165) is 51.4 Å². The Balaban J connectivity index is -0.000000295. The number of esters is 2. The number of hydrogen-bond acceptors (Lipinski definition) is 4. The molecule has 0 radical (unpaired) electrons. The Bertz CT molecular complexity index is 208. The van der Waals surface area contributed by atoms with Crippen LogP contribution in [0.1, 0.15) is 64.2 Å². The van der Waals surface area contributed by atoms with E-state index in [9.17, 15) is 9.59 Å². The average molecular weight is 352 g/mol. The maximum absolute atomic E-state index is 10.5. The van der Waals surface area contributed by atoms with Crippen molar-refractivity contribution >= 4 is 11.9 Å². The van der Waals surface area contributed by atoms with Gasteiger partial charge in [-0.25, -0.2) is 0 Å². The summed E-state index contributed by atoms with van der Waals surface area (Å²) >= 11 is 0. The smallest absolute Gasteiger partial charge is 0.469 e. The number of rotatable bonds is 10. The van der Waals surface area contributed by atoms with Crippen molar-refractivity contribution in [1.82, 2.24) is 0 Å². The molecular formula is C16H30O4Zn. The molecule has 0 saturated heterocycles. The molecule has 0 aromatic rings. The van der Waals surface area contributed by atoms with Gasteiger partial charge >= 0.3 is 31.4 Å². The van der Waals surface area contributed by atoms with Crippen LogP contribution >= 0.6 is 0 Å². The minimum absolute atomic E-state index is 0. The molecule has 0 aliphatic rings. The zero-order valence-corrected chi connectivity index (χ0v) is 16.8. The number of hydrogen-bond donors (Lipinski definition) is 0. The van der Waals surface area contributed by atoms with Crippen LogP contribution in [0.5, 0.6) is 0 Å². The van der Waals surface area contributed by atoms with E-state index in [0.29, 0.717) is 12.8 Å². The van der Waals surface area contributed by atoms with Crippen LogP contribution in [0.3, 0.4) is 0 Å². The summed E-state index contributed by atoms with van der Waals surface area (Å²) in [6.07, 6.45) is 9.27. The monoisotopic (exact) mass is 350 g/mol. The Morgan fingerprint density at radius 1 is 0.714 bits per heavy atom. The maximum Gasteiger partial charge on any atom is 2.00 e. The first-order valence-corrected chi connectivity index (χ1v) is 7.34. The molecule has 0 aromatic heterocycles. The summed E-state index contributed by atoms with van der Waals surface area (Å²) in [5.41, 5.74) is 0. The van der Waals surface area contributed by atoms with Gasteiger partial charge in [0.2, 0.25) is 0 Å². The molecule has 21 heavy (non-hydrogen) atoms. The van der Waals surface area contributed by atoms with Crippen LogP contribution in [-0.4, -0.2) is 26.2 Å². The van der Waals surface area contributed by atoms with E-state index in [2.05, 4.69) is 23.3 Å². The van der Waals surface area contributed by atoms with Crippen LogP contribution in [0.15, 0.2) is 0 Å². The van der Waals surface area contributed by atoms with Crippen LogP contribution in [0, 0.1) is 13.8 Å². The molecular weight excluding hydrogens is 322 g/mol. The van der Waals surface area contributed by atoms with Crippen molar-refractivity contribution in [3.8, 4) is 0 Å². The van der Waals surface area contributed by atoms with Crippen molar-refractivity contribution in [1.29, 1.82) is 0 Å². The van der Waals surface area contributed by atoms with Crippen LogP contribution in [0.25, 0.3) is 0 Å². The van der Waals surface area contributed by atoms with Crippen LogP contribution in [-0.2, 0) is 38.5 Å². The van der Waals surface area contributed by atoms with Crippen molar-refractivity contribution in [2.45, 2.75) is 64.2 Å². The molecule has 0 rings (SSSR count). The molecule has 0 N–H and O–H groups in total. The topological polar surface area (TPSA) is 52.6 Å². The van der Waals surface area contributed by atoms with Crippen LogP contribution < -0.4 is 0 Å². The van der Waals surface area contributed by atoms with E-state index in [1.807, 2.05) is 0 Å². The number of carbonyl (C=O) groups is 2. The Labute approximate surface area is 143 Å². The molecule has 0 bridgehead atoms. The number of carbonyl (C=O) groups excluding carboxylic acids is 2. The largest absolute Gasteiger partial charge is 2.00 e. The SMILES string of the molecule is [CH2-]CCCCCC(=O)OC.[CH2-]CCCCCC(=O)OC.[Zn+2]. The van der Waals surface area contributed by atoms with Gasteiger partial charge in [-0.15, -0.1) is 0 Å². The second-order valence-electron chi connectivity index (χ2n) is 4.48. The van der Waals surface area contributed by atoms with Crippen molar-refractivity contribution in [3.63, 3.8) is 0 Å². The van der Waals surface area contributed by atoms with Gasteiger partial charge < -0.3 is 23.3 Å². The van der Waals surface area contributed by atoms with Crippen LogP contribution in [0.2, 0.25) is 0 Å². The summed E-state index contributed by atoms with van der Waals surface area (Å²) in [5.74, 6) is -0.215. The molecule has 4 nitrogen and oxygen atoms in total. The third-order valence-corrected chi connectivity index (χ3v) is 2.72. The van der Waals surface area contributed by atoms with Crippen molar-refractivity contribution in [2.75, 3.05) is 14.2 Å². The van der Waals surface area contributed by atoms with E-state index in [4.69, 9.17) is 0 Å². The Kier molecular flexibility index (Phi) is 26.6. The van der Waals surface area contributed by atoms with Crippen molar-refractivity contribution < 1.29 is 38.5 Å². The molecule has 0 aromatic carbocycles. The summed E-state index contributed by atoms with van der Waals surface area (Å²) in [6.45, 7) is 7.41. The first-order chi connectivity index (χ1) is 9.62. The Morgan fingerprint density at radius 3 is 1.29 bits per heavy atom. The van der Waals surface area contributed by atoms with Gasteiger partial charge in [-0.3, -0.25) is 9.59 Å². The Hall–Kier alpha value is -0.437. The number of methoxy groups -OCH3 is 2. The summed E-state index contributed by atoms with van der Waals surface area (Å²) in [6, 6.07) is 0. The van der Waals surface area contributed by atoms with Crippen molar-refractivity contribution in [2.24, 2.45) is 0 Å². The second kappa shape index (κ2) is 21.9. The molecule has 0 aliphatic heterocycles. The normalized spacial score (nSPS) is 8.95. The van der Waals surface area contributed by atoms with E-state index in [1.54, 1.807) is 0 Å². The van der Waals surface area contributed by atoms with Gasteiger partial charge in [0.05, 0.1) is 14.2 Å². The zero-order chi connectivity index (χ0) is 15.6. The van der Waals surface area contributed by atoms with E-state index in [1.165, 1.54) is 14.2 Å². The second-order valence-corrected chi connectivity index (χ2v) is 4.48. The molecule has 0 heterocycles. The predicted molar refractivity (Wildman–Crippen MR) is 80.9 cm³/mol. The molecule has 120 valence electrons. The molecule has 0 unspecified atom stereocenters. The zero-order valence-electron chi connectivity index (χ0n) is 13.8. The Morgan fingerprint density at radius 2 is 1.05 bits per heavy atom. The van der Waals surface area contributed by atoms with Gasteiger partial charge in [-0.2, -0.15) is 12.8 Å². The van der Waals surface area contributed by atoms with Gasteiger partial charge in [0.1, 0.15) is 0 Å². The van der Waals surface area contributed by atoms with E-state index < -0.39 is 0 Å². The fraction of sp³-hybridized carbons (Fsp3) is 0.750. The fourth-order valence-corrected chi connectivity index (χ4v) is 1.45. The summed E-state index contributed by atoms with van der Waals surface area (Å²) in [4.78, 5) is 21.1. The van der Waals surface area contributed by atoms with Gasteiger partial charge in [0.15, 0.2) is 0 Å². The fourth-order valence-electron chi connectivity index (χ4n) is 1.45. The van der Waals surface area contributed by atoms with Gasteiger partial charge in [0.25, 0.3) is 0 Å². The van der Waals surface area contributed by atoms with E-state index in [-0.39, 0.29) is 31.4 Å². The third-order valence-electron chi connectivity index (χ3n) is 2.72. The molecule has 0 saturated carbocycles. The minimum Gasteiger partial charge on any atom is -0.469 e.